The van der Waals surface area contributed by atoms with Crippen molar-refractivity contribution in [1.82, 2.24) is 5.32 Å². The van der Waals surface area contributed by atoms with Gasteiger partial charge in [0.25, 0.3) is 0 Å². The lowest BCUT2D eigenvalue weighted by Gasteiger charge is -2.23. The van der Waals surface area contributed by atoms with Crippen LogP contribution in [0.15, 0.2) is 22.7 Å². The summed E-state index contributed by atoms with van der Waals surface area (Å²) < 4.78 is 18.7. The zero-order valence-electron chi connectivity index (χ0n) is 9.71. The van der Waals surface area contributed by atoms with Crippen LogP contribution in [0, 0.1) is 5.82 Å². The molecule has 2 N–H and O–H groups in total. The topological polar surface area (TPSA) is 50.4 Å². The van der Waals surface area contributed by atoms with Crippen molar-refractivity contribution in [2.24, 2.45) is 0 Å². The van der Waals surface area contributed by atoms with E-state index in [-0.39, 0.29) is 17.8 Å². The van der Waals surface area contributed by atoms with Gasteiger partial charge in [0.1, 0.15) is 5.82 Å². The van der Waals surface area contributed by atoms with Gasteiger partial charge in [-0.05, 0) is 34.1 Å². The number of anilines is 1. The fraction of sp³-hybridized carbons (Fsp3) is 0.417. The Kier molecular flexibility index (Phi) is 4.68. The SMILES string of the molecule is O=C(CC1COCCN1)Nc1ccc(F)cc1Br. The third-order valence-corrected chi connectivity index (χ3v) is 3.29. The van der Waals surface area contributed by atoms with Crippen molar-refractivity contribution in [3.63, 3.8) is 0 Å². The molecule has 1 amide bonds. The summed E-state index contributed by atoms with van der Waals surface area (Å²) in [5.41, 5.74) is 0.568. The van der Waals surface area contributed by atoms with Gasteiger partial charge in [0, 0.05) is 23.5 Å². The van der Waals surface area contributed by atoms with Crippen molar-refractivity contribution in [3.8, 4) is 0 Å². The first kappa shape index (κ1) is 13.5. The highest BCUT2D eigenvalue weighted by Gasteiger charge is 2.17. The van der Waals surface area contributed by atoms with E-state index in [9.17, 15) is 9.18 Å². The van der Waals surface area contributed by atoms with Crippen LogP contribution in [0.2, 0.25) is 0 Å². The van der Waals surface area contributed by atoms with Gasteiger partial charge in [0.05, 0.1) is 18.9 Å². The van der Waals surface area contributed by atoms with Gasteiger partial charge in [-0.1, -0.05) is 0 Å². The van der Waals surface area contributed by atoms with Crippen molar-refractivity contribution in [2.75, 3.05) is 25.1 Å². The maximum atomic E-state index is 12.9. The number of carbonyl (C=O) groups is 1. The highest BCUT2D eigenvalue weighted by atomic mass is 79.9. The van der Waals surface area contributed by atoms with Crippen molar-refractivity contribution >= 4 is 27.5 Å². The summed E-state index contributed by atoms with van der Waals surface area (Å²) in [6, 6.07) is 4.19. The Balaban J connectivity index is 1.90. The van der Waals surface area contributed by atoms with E-state index in [4.69, 9.17) is 4.74 Å². The molecule has 0 saturated carbocycles. The van der Waals surface area contributed by atoms with Crippen LogP contribution in [0.3, 0.4) is 0 Å². The molecule has 0 bridgehead atoms. The van der Waals surface area contributed by atoms with Crippen LogP contribution in [-0.4, -0.2) is 31.7 Å². The molecule has 1 aromatic carbocycles. The molecule has 1 unspecified atom stereocenters. The molecule has 1 aromatic rings. The first-order valence-corrected chi connectivity index (χ1v) is 6.50. The van der Waals surface area contributed by atoms with E-state index in [2.05, 4.69) is 26.6 Å². The fourth-order valence-electron chi connectivity index (χ4n) is 1.77. The van der Waals surface area contributed by atoms with Crippen LogP contribution >= 0.6 is 15.9 Å². The van der Waals surface area contributed by atoms with Gasteiger partial charge in [0.2, 0.25) is 5.91 Å². The summed E-state index contributed by atoms with van der Waals surface area (Å²) in [4.78, 5) is 11.8. The van der Waals surface area contributed by atoms with Crippen LogP contribution in [0.25, 0.3) is 0 Å². The van der Waals surface area contributed by atoms with Gasteiger partial charge < -0.3 is 15.4 Å². The lowest BCUT2D eigenvalue weighted by molar-refractivity contribution is -0.117. The van der Waals surface area contributed by atoms with Gasteiger partial charge in [-0.15, -0.1) is 0 Å². The second-order valence-corrected chi connectivity index (χ2v) is 4.96. The smallest absolute Gasteiger partial charge is 0.226 e. The molecule has 1 fully saturated rings. The Bertz CT molecular complexity index is 436. The summed E-state index contributed by atoms with van der Waals surface area (Å²) >= 11 is 3.21. The Morgan fingerprint density at radius 3 is 3.11 bits per heavy atom. The number of carbonyl (C=O) groups excluding carboxylic acids is 1. The second-order valence-electron chi connectivity index (χ2n) is 4.10. The first-order valence-electron chi connectivity index (χ1n) is 5.71. The van der Waals surface area contributed by atoms with Gasteiger partial charge in [-0.25, -0.2) is 4.39 Å². The van der Waals surface area contributed by atoms with Gasteiger partial charge in [-0.2, -0.15) is 0 Å². The monoisotopic (exact) mass is 316 g/mol. The minimum Gasteiger partial charge on any atom is -0.378 e. The number of morpholine rings is 1. The maximum Gasteiger partial charge on any atom is 0.226 e. The van der Waals surface area contributed by atoms with Crippen LogP contribution in [0.1, 0.15) is 6.42 Å². The molecule has 1 aliphatic heterocycles. The molecular formula is C12H14BrFN2O2. The normalized spacial score (nSPS) is 19.6. The minimum atomic E-state index is -0.345. The van der Waals surface area contributed by atoms with E-state index in [1.807, 2.05) is 0 Å². The Hall–Kier alpha value is -0.980. The van der Waals surface area contributed by atoms with E-state index in [1.165, 1.54) is 18.2 Å². The molecule has 2 rings (SSSR count). The Morgan fingerprint density at radius 2 is 2.44 bits per heavy atom. The summed E-state index contributed by atoms with van der Waals surface area (Å²) in [6.45, 7) is 1.98. The lowest BCUT2D eigenvalue weighted by Crippen LogP contribution is -2.43. The number of amides is 1. The molecule has 0 radical (unpaired) electrons. The standard InChI is InChI=1S/C12H14BrFN2O2/c13-10-5-8(14)1-2-11(10)16-12(17)6-9-7-18-4-3-15-9/h1-2,5,9,15H,3-4,6-7H2,(H,16,17). The highest BCUT2D eigenvalue weighted by molar-refractivity contribution is 9.10. The fourth-order valence-corrected chi connectivity index (χ4v) is 2.22. The third kappa shape index (κ3) is 3.76. The molecule has 1 atom stereocenters. The largest absolute Gasteiger partial charge is 0.378 e. The maximum absolute atomic E-state index is 12.9. The molecule has 6 heteroatoms. The molecule has 98 valence electrons. The zero-order valence-corrected chi connectivity index (χ0v) is 11.3. The molecule has 18 heavy (non-hydrogen) atoms. The minimum absolute atomic E-state index is 0.0398. The van der Waals surface area contributed by atoms with Crippen molar-refractivity contribution in [3.05, 3.63) is 28.5 Å². The summed E-state index contributed by atoms with van der Waals surface area (Å²) in [6.07, 6.45) is 0.337. The number of halogens is 2. The number of hydrogen-bond donors (Lipinski definition) is 2. The van der Waals surface area contributed by atoms with Gasteiger partial charge >= 0.3 is 0 Å². The average Bonchev–Trinajstić information content (AvgIpc) is 2.34. The second kappa shape index (κ2) is 6.26. The number of nitrogens with one attached hydrogen (secondary N) is 2. The van der Waals surface area contributed by atoms with Gasteiger partial charge in [-0.3, -0.25) is 4.79 Å². The molecule has 1 heterocycles. The summed E-state index contributed by atoms with van der Waals surface area (Å²) in [5.74, 6) is -0.465. The molecular weight excluding hydrogens is 303 g/mol. The Labute approximate surface area is 113 Å². The number of rotatable bonds is 3. The predicted molar refractivity (Wildman–Crippen MR) is 70.0 cm³/mol. The van der Waals surface area contributed by atoms with Crippen LogP contribution in [0.4, 0.5) is 10.1 Å². The number of benzene rings is 1. The van der Waals surface area contributed by atoms with Crippen LogP contribution < -0.4 is 10.6 Å². The van der Waals surface area contributed by atoms with Crippen molar-refractivity contribution < 1.29 is 13.9 Å². The van der Waals surface area contributed by atoms with E-state index in [0.717, 1.165) is 6.54 Å². The Morgan fingerprint density at radius 1 is 1.61 bits per heavy atom. The molecule has 0 aromatic heterocycles. The van der Waals surface area contributed by atoms with Crippen LogP contribution in [-0.2, 0) is 9.53 Å². The van der Waals surface area contributed by atoms with Crippen LogP contribution in [0.5, 0.6) is 0 Å². The summed E-state index contributed by atoms with van der Waals surface area (Å²) in [7, 11) is 0. The first-order chi connectivity index (χ1) is 8.65. The van der Waals surface area contributed by atoms with E-state index >= 15 is 0 Å². The molecule has 0 aliphatic carbocycles. The van der Waals surface area contributed by atoms with Gasteiger partial charge in [0.15, 0.2) is 0 Å². The molecule has 4 nitrogen and oxygen atoms in total. The number of hydrogen-bond acceptors (Lipinski definition) is 3. The average molecular weight is 317 g/mol. The van der Waals surface area contributed by atoms with Crippen molar-refractivity contribution in [2.45, 2.75) is 12.5 Å². The zero-order chi connectivity index (χ0) is 13.0. The molecule has 1 aliphatic rings. The number of ether oxygens (including phenoxy) is 1. The molecule has 0 spiro atoms. The van der Waals surface area contributed by atoms with E-state index in [0.29, 0.717) is 29.8 Å². The van der Waals surface area contributed by atoms with Crippen molar-refractivity contribution in [1.29, 1.82) is 0 Å². The van der Waals surface area contributed by atoms with E-state index in [1.54, 1.807) is 0 Å². The predicted octanol–water partition coefficient (Wildman–Crippen LogP) is 1.91. The molecule has 1 saturated heterocycles. The van der Waals surface area contributed by atoms with E-state index < -0.39 is 0 Å². The quantitative estimate of drug-likeness (QED) is 0.895. The summed E-state index contributed by atoms with van der Waals surface area (Å²) in [5, 5.41) is 5.94. The third-order valence-electron chi connectivity index (χ3n) is 2.64. The lowest BCUT2D eigenvalue weighted by atomic mass is 10.2. The highest BCUT2D eigenvalue weighted by Crippen LogP contribution is 2.23.